The molecule has 3 atom stereocenters. The van der Waals surface area contributed by atoms with Crippen LogP contribution in [0.2, 0.25) is 0 Å². The van der Waals surface area contributed by atoms with Crippen LogP contribution in [0.4, 0.5) is 13.6 Å². The fourth-order valence-corrected chi connectivity index (χ4v) is 3.94. The molecular weight excluding hydrogens is 420 g/mol. The van der Waals surface area contributed by atoms with E-state index in [1.165, 1.54) is 0 Å². The molecule has 0 fully saturated rings. The van der Waals surface area contributed by atoms with Crippen molar-refractivity contribution in [3.8, 4) is 0 Å². The van der Waals surface area contributed by atoms with E-state index in [-0.39, 0.29) is 24.6 Å². The molecule has 3 rings (SSSR count). The number of carbonyl (C=O) groups is 1. The average Bonchev–Trinajstić information content (AvgIpc) is 2.70. The number of rotatable bonds is 9. The number of amides is 1. The Bertz CT molecular complexity index is 921. The lowest BCUT2D eigenvalue weighted by atomic mass is 9.95. The number of aliphatic hydroxyl groups is 1. The molecular formula is C23H29F2N3O4. The number of aliphatic hydroxyl groups excluding tert-OH is 1. The maximum absolute atomic E-state index is 13.5. The number of halogens is 2. The van der Waals surface area contributed by atoms with Crippen molar-refractivity contribution >= 4 is 6.09 Å². The highest BCUT2D eigenvalue weighted by atomic mass is 19.1. The molecule has 0 saturated heterocycles. The van der Waals surface area contributed by atoms with Crippen molar-refractivity contribution in [2.24, 2.45) is 0 Å². The van der Waals surface area contributed by atoms with E-state index in [0.717, 1.165) is 41.4 Å². The number of ether oxygens (including phenoxy) is 1. The Labute approximate surface area is 186 Å². The van der Waals surface area contributed by atoms with Crippen molar-refractivity contribution in [1.29, 1.82) is 0 Å². The highest BCUT2D eigenvalue weighted by Crippen LogP contribution is 2.26. The van der Waals surface area contributed by atoms with Crippen LogP contribution in [-0.4, -0.2) is 60.6 Å². The second kappa shape index (κ2) is 10.8. The average molecular weight is 449 g/mol. The molecule has 9 heteroatoms. The summed E-state index contributed by atoms with van der Waals surface area (Å²) >= 11 is 0. The molecule has 1 unspecified atom stereocenters. The van der Waals surface area contributed by atoms with Crippen LogP contribution in [0, 0.1) is 11.6 Å². The molecule has 0 aromatic heterocycles. The van der Waals surface area contributed by atoms with Gasteiger partial charge in [0.25, 0.3) is 0 Å². The molecule has 0 bridgehead atoms. The van der Waals surface area contributed by atoms with Gasteiger partial charge in [0.2, 0.25) is 0 Å². The lowest BCUT2D eigenvalue weighted by molar-refractivity contribution is 0.0697. The molecule has 32 heavy (non-hydrogen) atoms. The molecule has 1 amide bonds. The smallest absolute Gasteiger partial charge is 0.404 e. The predicted octanol–water partition coefficient (Wildman–Crippen LogP) is 2.43. The molecule has 7 nitrogen and oxygen atoms in total. The van der Waals surface area contributed by atoms with E-state index in [4.69, 9.17) is 9.84 Å². The van der Waals surface area contributed by atoms with Gasteiger partial charge in [0.15, 0.2) is 0 Å². The van der Waals surface area contributed by atoms with Gasteiger partial charge in [-0.2, -0.15) is 0 Å². The third-order valence-corrected chi connectivity index (χ3v) is 5.35. The summed E-state index contributed by atoms with van der Waals surface area (Å²) in [4.78, 5) is 13.3. The van der Waals surface area contributed by atoms with Crippen LogP contribution < -0.4 is 10.6 Å². The molecule has 2 aromatic rings. The minimum Gasteiger partial charge on any atom is -0.465 e. The minimum atomic E-state index is -1.33. The summed E-state index contributed by atoms with van der Waals surface area (Å²) < 4.78 is 32.7. The summed E-state index contributed by atoms with van der Waals surface area (Å²) in [5, 5.41) is 25.3. The Morgan fingerprint density at radius 3 is 2.56 bits per heavy atom. The Morgan fingerprint density at radius 1 is 1.19 bits per heavy atom. The molecule has 0 aliphatic carbocycles. The first-order valence-corrected chi connectivity index (χ1v) is 10.4. The topological polar surface area (TPSA) is 94.1 Å². The lowest BCUT2D eigenvalue weighted by Crippen LogP contribution is -2.49. The van der Waals surface area contributed by atoms with Gasteiger partial charge in [0.1, 0.15) is 11.6 Å². The standard InChI is InChI=1S/C23H29F2N3O4/c1-28(2)11-14-3-4-16-12-32-13-21(19(16)7-14)26-10-22(29)20(27-23(30)31)8-15-5-17(24)9-18(25)6-15/h3-7,9,20-22,26-27,29H,8,10-13H2,1-2H3,(H,30,31)/t20-,21?,22+/m0/s1. The van der Waals surface area contributed by atoms with Crippen molar-refractivity contribution in [2.45, 2.75) is 37.8 Å². The van der Waals surface area contributed by atoms with E-state index >= 15 is 0 Å². The molecule has 174 valence electrons. The fraction of sp³-hybridized carbons (Fsp3) is 0.435. The molecule has 1 heterocycles. The number of hydrogen-bond donors (Lipinski definition) is 4. The second-order valence-corrected chi connectivity index (χ2v) is 8.35. The zero-order valence-electron chi connectivity index (χ0n) is 18.1. The van der Waals surface area contributed by atoms with E-state index in [1.807, 2.05) is 20.2 Å². The van der Waals surface area contributed by atoms with Crippen LogP contribution in [0.25, 0.3) is 0 Å². The molecule has 4 N–H and O–H groups in total. The monoisotopic (exact) mass is 449 g/mol. The van der Waals surface area contributed by atoms with Crippen molar-refractivity contribution in [1.82, 2.24) is 15.5 Å². The van der Waals surface area contributed by atoms with Crippen LogP contribution >= 0.6 is 0 Å². The van der Waals surface area contributed by atoms with Gasteiger partial charge in [-0.05, 0) is 54.9 Å². The summed E-state index contributed by atoms with van der Waals surface area (Å²) in [6.45, 7) is 1.77. The van der Waals surface area contributed by atoms with Gasteiger partial charge in [0.05, 0.1) is 31.4 Å². The predicted molar refractivity (Wildman–Crippen MR) is 115 cm³/mol. The van der Waals surface area contributed by atoms with Crippen LogP contribution in [0.3, 0.4) is 0 Å². The molecule has 0 saturated carbocycles. The summed E-state index contributed by atoms with van der Waals surface area (Å²) in [6, 6.07) is 8.07. The first-order chi connectivity index (χ1) is 15.2. The largest absolute Gasteiger partial charge is 0.465 e. The van der Waals surface area contributed by atoms with Crippen molar-refractivity contribution in [3.05, 3.63) is 70.3 Å². The van der Waals surface area contributed by atoms with E-state index in [1.54, 1.807) is 0 Å². The van der Waals surface area contributed by atoms with Crippen molar-refractivity contribution < 1.29 is 28.5 Å². The molecule has 0 spiro atoms. The van der Waals surface area contributed by atoms with E-state index in [0.29, 0.717) is 13.2 Å². The third-order valence-electron chi connectivity index (χ3n) is 5.35. The normalized spacial score (nSPS) is 17.6. The minimum absolute atomic E-state index is 0.0609. The van der Waals surface area contributed by atoms with Gasteiger partial charge in [-0.15, -0.1) is 0 Å². The van der Waals surface area contributed by atoms with E-state index < -0.39 is 29.9 Å². The van der Waals surface area contributed by atoms with Crippen LogP contribution in [-0.2, 0) is 24.3 Å². The van der Waals surface area contributed by atoms with Gasteiger partial charge >= 0.3 is 6.09 Å². The first-order valence-electron chi connectivity index (χ1n) is 10.4. The number of nitrogens with zero attached hydrogens (tertiary/aromatic N) is 1. The maximum atomic E-state index is 13.5. The van der Waals surface area contributed by atoms with Gasteiger partial charge < -0.3 is 30.5 Å². The fourth-order valence-electron chi connectivity index (χ4n) is 3.94. The Morgan fingerprint density at radius 2 is 1.91 bits per heavy atom. The number of hydrogen-bond acceptors (Lipinski definition) is 5. The van der Waals surface area contributed by atoms with Gasteiger partial charge in [-0.3, -0.25) is 0 Å². The maximum Gasteiger partial charge on any atom is 0.404 e. The Balaban J connectivity index is 1.69. The van der Waals surface area contributed by atoms with Gasteiger partial charge in [-0.25, -0.2) is 13.6 Å². The second-order valence-electron chi connectivity index (χ2n) is 8.35. The molecule has 1 aliphatic rings. The summed E-state index contributed by atoms with van der Waals surface area (Å²) in [5.74, 6) is -1.52. The Kier molecular flexibility index (Phi) is 8.14. The number of benzene rings is 2. The van der Waals surface area contributed by atoms with Gasteiger partial charge in [0, 0.05) is 19.2 Å². The number of carboxylic acid groups (broad SMARTS) is 1. The third kappa shape index (κ3) is 6.70. The van der Waals surface area contributed by atoms with Crippen LogP contribution in [0.15, 0.2) is 36.4 Å². The summed E-state index contributed by atoms with van der Waals surface area (Å²) in [7, 11) is 3.99. The quantitative estimate of drug-likeness (QED) is 0.470. The summed E-state index contributed by atoms with van der Waals surface area (Å²) in [5.41, 5.74) is 3.54. The number of nitrogens with one attached hydrogen (secondary N) is 2. The van der Waals surface area contributed by atoms with Gasteiger partial charge in [-0.1, -0.05) is 18.2 Å². The Hall–Kier alpha value is -2.59. The molecule has 2 aromatic carbocycles. The highest BCUT2D eigenvalue weighted by molar-refractivity contribution is 5.65. The van der Waals surface area contributed by atoms with E-state index in [9.17, 15) is 18.7 Å². The first kappa shape index (κ1) is 24.1. The molecule has 0 radical (unpaired) electrons. The van der Waals surface area contributed by atoms with E-state index in [2.05, 4.69) is 27.7 Å². The SMILES string of the molecule is CN(C)Cc1ccc2c(c1)C(NC[C@@H](O)[C@H](Cc1cc(F)cc(F)c1)NC(=O)O)COC2. The molecule has 1 aliphatic heterocycles. The zero-order valence-corrected chi connectivity index (χ0v) is 18.1. The van der Waals surface area contributed by atoms with Crippen LogP contribution in [0.5, 0.6) is 0 Å². The number of fused-ring (bicyclic) bond motifs is 1. The lowest BCUT2D eigenvalue weighted by Gasteiger charge is -2.30. The van der Waals surface area contributed by atoms with Crippen molar-refractivity contribution in [3.63, 3.8) is 0 Å². The van der Waals surface area contributed by atoms with Crippen molar-refractivity contribution in [2.75, 3.05) is 27.2 Å². The summed E-state index contributed by atoms with van der Waals surface area (Å²) in [6.07, 6.45) is -2.52. The zero-order chi connectivity index (χ0) is 23.3. The van der Waals surface area contributed by atoms with Crippen LogP contribution in [0.1, 0.15) is 28.3 Å². The highest BCUT2D eigenvalue weighted by Gasteiger charge is 2.26.